The maximum Gasteiger partial charge on any atom is 0.0797 e. The normalized spacial score (nSPS) is 10.9. The third-order valence-corrected chi connectivity index (χ3v) is 3.71. The highest BCUT2D eigenvalue weighted by Gasteiger charge is 2.00. The summed E-state index contributed by atoms with van der Waals surface area (Å²) in [7, 11) is 0. The first-order chi connectivity index (χ1) is 8.34. The van der Waals surface area contributed by atoms with E-state index in [0.717, 1.165) is 38.4 Å². The van der Waals surface area contributed by atoms with Gasteiger partial charge in [0.1, 0.15) is 0 Å². The molecule has 0 spiro atoms. The zero-order valence-electron chi connectivity index (χ0n) is 11.0. The van der Waals surface area contributed by atoms with E-state index in [1.165, 1.54) is 24.1 Å². The van der Waals surface area contributed by atoms with Gasteiger partial charge < -0.3 is 10.1 Å². The first-order valence-electron chi connectivity index (χ1n) is 6.52. The first-order valence-corrected chi connectivity index (χ1v) is 7.40. The Labute approximate surface area is 109 Å². The summed E-state index contributed by atoms with van der Waals surface area (Å²) >= 11 is 1.73. The maximum atomic E-state index is 5.63. The number of nitrogens with one attached hydrogen (secondary N) is 1. The number of ether oxygens (including phenoxy) is 1. The van der Waals surface area contributed by atoms with Crippen molar-refractivity contribution in [3.8, 4) is 0 Å². The molecule has 0 aliphatic carbocycles. The Balaban J connectivity index is 1.86. The van der Waals surface area contributed by atoms with Crippen LogP contribution in [0.5, 0.6) is 0 Å². The molecule has 1 aromatic heterocycles. The van der Waals surface area contributed by atoms with Crippen LogP contribution in [0.15, 0.2) is 5.51 Å². The van der Waals surface area contributed by atoms with Gasteiger partial charge in [0.25, 0.3) is 0 Å². The molecule has 0 unspecified atom stereocenters. The van der Waals surface area contributed by atoms with E-state index < -0.39 is 0 Å². The number of hydrogen-bond acceptors (Lipinski definition) is 4. The number of thiazole rings is 1. The van der Waals surface area contributed by atoms with Crippen LogP contribution < -0.4 is 5.32 Å². The van der Waals surface area contributed by atoms with E-state index in [1.807, 2.05) is 5.51 Å². The Kier molecular flexibility index (Phi) is 8.22. The molecule has 0 bridgehead atoms. The number of rotatable bonds is 10. The van der Waals surface area contributed by atoms with E-state index in [9.17, 15) is 0 Å². The topological polar surface area (TPSA) is 34.1 Å². The standard InChI is InChI=1S/C13H24N2OS/c1-3-14-8-5-4-6-9-16-10-7-13-12(2)15-11-17-13/h11,14H,3-10H2,1-2H3. The first kappa shape index (κ1) is 14.6. The Morgan fingerprint density at radius 3 is 2.88 bits per heavy atom. The average molecular weight is 256 g/mol. The van der Waals surface area contributed by atoms with Crippen molar-refractivity contribution in [1.29, 1.82) is 0 Å². The van der Waals surface area contributed by atoms with Gasteiger partial charge in [-0.1, -0.05) is 6.92 Å². The fourth-order valence-electron chi connectivity index (χ4n) is 1.64. The zero-order valence-corrected chi connectivity index (χ0v) is 11.8. The predicted octanol–water partition coefficient (Wildman–Crippen LogP) is 2.79. The van der Waals surface area contributed by atoms with Crippen molar-refractivity contribution < 1.29 is 4.74 Å². The van der Waals surface area contributed by atoms with Crippen LogP contribution in [0, 0.1) is 6.92 Å². The van der Waals surface area contributed by atoms with E-state index >= 15 is 0 Å². The minimum Gasteiger partial charge on any atom is -0.381 e. The second-order valence-electron chi connectivity index (χ2n) is 4.14. The molecule has 1 rings (SSSR count). The quantitative estimate of drug-likeness (QED) is 0.654. The maximum absolute atomic E-state index is 5.63. The van der Waals surface area contributed by atoms with Crippen molar-refractivity contribution in [3.05, 3.63) is 16.1 Å². The lowest BCUT2D eigenvalue weighted by molar-refractivity contribution is 0.133. The number of aryl methyl sites for hydroxylation is 1. The molecule has 0 saturated carbocycles. The Morgan fingerprint density at radius 2 is 2.18 bits per heavy atom. The lowest BCUT2D eigenvalue weighted by Crippen LogP contribution is -2.13. The van der Waals surface area contributed by atoms with Crippen molar-refractivity contribution in [1.82, 2.24) is 10.3 Å². The molecule has 0 amide bonds. The highest BCUT2D eigenvalue weighted by Crippen LogP contribution is 2.12. The average Bonchev–Trinajstić information content (AvgIpc) is 2.73. The molecular weight excluding hydrogens is 232 g/mol. The van der Waals surface area contributed by atoms with E-state index in [2.05, 4.69) is 24.1 Å². The van der Waals surface area contributed by atoms with Gasteiger partial charge in [0.05, 0.1) is 17.8 Å². The van der Waals surface area contributed by atoms with Crippen LogP contribution in [-0.2, 0) is 11.2 Å². The number of aromatic nitrogens is 1. The van der Waals surface area contributed by atoms with Crippen LogP contribution in [0.3, 0.4) is 0 Å². The lowest BCUT2D eigenvalue weighted by atomic mass is 10.2. The highest BCUT2D eigenvalue weighted by molar-refractivity contribution is 7.09. The van der Waals surface area contributed by atoms with E-state index in [4.69, 9.17) is 4.74 Å². The van der Waals surface area contributed by atoms with Gasteiger partial charge in [-0.2, -0.15) is 0 Å². The van der Waals surface area contributed by atoms with Crippen molar-refractivity contribution >= 4 is 11.3 Å². The van der Waals surface area contributed by atoms with Crippen molar-refractivity contribution in [2.75, 3.05) is 26.3 Å². The van der Waals surface area contributed by atoms with Crippen molar-refractivity contribution in [3.63, 3.8) is 0 Å². The molecule has 98 valence electrons. The van der Waals surface area contributed by atoms with Crippen molar-refractivity contribution in [2.24, 2.45) is 0 Å². The van der Waals surface area contributed by atoms with Crippen LogP contribution >= 0.6 is 11.3 Å². The van der Waals surface area contributed by atoms with Crippen LogP contribution in [0.25, 0.3) is 0 Å². The van der Waals surface area contributed by atoms with Gasteiger partial charge in [-0.15, -0.1) is 11.3 Å². The molecule has 3 nitrogen and oxygen atoms in total. The molecule has 1 aromatic rings. The highest BCUT2D eigenvalue weighted by atomic mass is 32.1. The summed E-state index contributed by atoms with van der Waals surface area (Å²) in [5.41, 5.74) is 3.06. The summed E-state index contributed by atoms with van der Waals surface area (Å²) in [6, 6.07) is 0. The molecule has 0 atom stereocenters. The van der Waals surface area contributed by atoms with Gasteiger partial charge >= 0.3 is 0 Å². The fourth-order valence-corrected chi connectivity index (χ4v) is 2.40. The minimum absolute atomic E-state index is 0.830. The number of nitrogens with zero attached hydrogens (tertiary/aromatic N) is 1. The van der Waals surface area contributed by atoms with Gasteiger partial charge in [0.2, 0.25) is 0 Å². The van der Waals surface area contributed by atoms with Gasteiger partial charge in [0, 0.05) is 17.9 Å². The third-order valence-electron chi connectivity index (χ3n) is 2.71. The van der Waals surface area contributed by atoms with Crippen LogP contribution in [0.1, 0.15) is 36.8 Å². The largest absolute Gasteiger partial charge is 0.381 e. The van der Waals surface area contributed by atoms with E-state index in [0.29, 0.717) is 0 Å². The molecule has 1 heterocycles. The Bertz CT molecular complexity index is 289. The summed E-state index contributed by atoms with van der Waals surface area (Å²) in [6.45, 7) is 8.14. The molecule has 4 heteroatoms. The lowest BCUT2D eigenvalue weighted by Gasteiger charge is -2.04. The monoisotopic (exact) mass is 256 g/mol. The third kappa shape index (κ3) is 6.76. The summed E-state index contributed by atoms with van der Waals surface area (Å²) in [4.78, 5) is 5.59. The molecule has 0 fully saturated rings. The fraction of sp³-hybridized carbons (Fsp3) is 0.769. The molecule has 17 heavy (non-hydrogen) atoms. The molecule has 0 aliphatic heterocycles. The second-order valence-corrected chi connectivity index (χ2v) is 5.08. The van der Waals surface area contributed by atoms with E-state index in [-0.39, 0.29) is 0 Å². The molecular formula is C13H24N2OS. The summed E-state index contributed by atoms with van der Waals surface area (Å²) < 4.78 is 5.63. The Hall–Kier alpha value is -0.450. The number of unbranched alkanes of at least 4 members (excludes halogenated alkanes) is 2. The number of hydrogen-bond donors (Lipinski definition) is 1. The molecule has 0 aliphatic rings. The van der Waals surface area contributed by atoms with Crippen LogP contribution in [0.4, 0.5) is 0 Å². The molecule has 0 aromatic carbocycles. The smallest absolute Gasteiger partial charge is 0.0797 e. The minimum atomic E-state index is 0.830. The SMILES string of the molecule is CCNCCCCCOCCc1scnc1C. The van der Waals surface area contributed by atoms with Crippen LogP contribution in [-0.4, -0.2) is 31.3 Å². The zero-order chi connectivity index (χ0) is 12.3. The summed E-state index contributed by atoms with van der Waals surface area (Å²) in [5, 5.41) is 3.33. The Morgan fingerprint density at radius 1 is 1.29 bits per heavy atom. The van der Waals surface area contributed by atoms with Crippen molar-refractivity contribution in [2.45, 2.75) is 39.5 Å². The van der Waals surface area contributed by atoms with Crippen LogP contribution in [0.2, 0.25) is 0 Å². The molecule has 1 N–H and O–H groups in total. The van der Waals surface area contributed by atoms with Gasteiger partial charge in [-0.3, -0.25) is 0 Å². The summed E-state index contributed by atoms with van der Waals surface area (Å²) in [5.74, 6) is 0. The van der Waals surface area contributed by atoms with Gasteiger partial charge in [-0.05, 0) is 39.3 Å². The summed E-state index contributed by atoms with van der Waals surface area (Å²) in [6.07, 6.45) is 4.69. The van der Waals surface area contributed by atoms with E-state index in [1.54, 1.807) is 11.3 Å². The predicted molar refractivity (Wildman–Crippen MR) is 73.8 cm³/mol. The molecule has 0 radical (unpaired) electrons. The molecule has 0 saturated heterocycles. The van der Waals surface area contributed by atoms with Gasteiger partial charge in [0.15, 0.2) is 0 Å². The second kappa shape index (κ2) is 9.57. The van der Waals surface area contributed by atoms with Gasteiger partial charge in [-0.25, -0.2) is 4.98 Å².